The van der Waals surface area contributed by atoms with E-state index >= 15 is 0 Å². The molecule has 70 valence electrons. The second-order valence-corrected chi connectivity index (χ2v) is 4.44. The van der Waals surface area contributed by atoms with Gasteiger partial charge in [-0.25, -0.2) is 0 Å². The lowest BCUT2D eigenvalue weighted by molar-refractivity contribution is 0.248. The van der Waals surface area contributed by atoms with Crippen molar-refractivity contribution in [3.8, 4) is 0 Å². The van der Waals surface area contributed by atoms with Crippen molar-refractivity contribution in [1.82, 2.24) is 0 Å². The van der Waals surface area contributed by atoms with E-state index in [1.807, 2.05) is 0 Å². The first-order valence-corrected chi connectivity index (χ1v) is 5.37. The molecule has 0 unspecified atom stereocenters. The Morgan fingerprint density at radius 3 is 2.08 bits per heavy atom. The highest BCUT2D eigenvalue weighted by Gasteiger charge is 2.21. The van der Waals surface area contributed by atoms with Crippen LogP contribution in [0, 0.1) is 17.8 Å². The third kappa shape index (κ3) is 2.66. The Morgan fingerprint density at radius 2 is 1.67 bits per heavy atom. The molecule has 0 aromatic rings. The maximum absolute atomic E-state index is 2.39. The lowest BCUT2D eigenvalue weighted by Gasteiger charge is -2.29. The van der Waals surface area contributed by atoms with Crippen molar-refractivity contribution in [3.05, 3.63) is 12.2 Å². The van der Waals surface area contributed by atoms with Crippen LogP contribution in [0.2, 0.25) is 0 Å². The predicted octanol–water partition coefficient (Wildman–Crippen LogP) is 4.02. The number of allylic oxidation sites excluding steroid dienone is 2. The van der Waals surface area contributed by atoms with Crippen molar-refractivity contribution in [3.63, 3.8) is 0 Å². The summed E-state index contributed by atoms with van der Waals surface area (Å²) in [5, 5.41) is 0. The van der Waals surface area contributed by atoms with E-state index in [0.29, 0.717) is 0 Å². The van der Waals surface area contributed by atoms with E-state index < -0.39 is 0 Å². The summed E-state index contributed by atoms with van der Waals surface area (Å²) in [6.45, 7) is 6.86. The molecule has 0 heterocycles. The van der Waals surface area contributed by atoms with Gasteiger partial charge in [0.15, 0.2) is 0 Å². The van der Waals surface area contributed by atoms with Crippen LogP contribution in [-0.2, 0) is 0 Å². The van der Waals surface area contributed by atoms with E-state index in [4.69, 9.17) is 0 Å². The standard InChI is InChI=1S/C12H22/c1-4-5-11-6-8-12(9-7-11)10(2)3/h4-5,10-12H,6-9H2,1-3H3/b5-4+. The molecule has 1 aliphatic carbocycles. The fourth-order valence-electron chi connectivity index (χ4n) is 2.28. The lowest BCUT2D eigenvalue weighted by atomic mass is 9.77. The van der Waals surface area contributed by atoms with Gasteiger partial charge in [-0.15, -0.1) is 0 Å². The van der Waals surface area contributed by atoms with E-state index in [9.17, 15) is 0 Å². The van der Waals surface area contributed by atoms with Crippen LogP contribution < -0.4 is 0 Å². The summed E-state index contributed by atoms with van der Waals surface area (Å²) < 4.78 is 0. The molecule has 1 aliphatic rings. The Bertz CT molecular complexity index is 136. The first kappa shape index (κ1) is 9.83. The van der Waals surface area contributed by atoms with Crippen molar-refractivity contribution >= 4 is 0 Å². The second-order valence-electron chi connectivity index (χ2n) is 4.44. The third-order valence-corrected chi connectivity index (χ3v) is 3.22. The van der Waals surface area contributed by atoms with E-state index in [1.165, 1.54) is 25.7 Å². The van der Waals surface area contributed by atoms with Gasteiger partial charge in [-0.3, -0.25) is 0 Å². The van der Waals surface area contributed by atoms with Gasteiger partial charge >= 0.3 is 0 Å². The molecule has 1 saturated carbocycles. The zero-order chi connectivity index (χ0) is 8.97. The van der Waals surface area contributed by atoms with Gasteiger partial charge in [0, 0.05) is 0 Å². The molecule has 0 bridgehead atoms. The molecule has 1 fully saturated rings. The molecule has 0 aliphatic heterocycles. The van der Waals surface area contributed by atoms with Crippen LogP contribution in [0.25, 0.3) is 0 Å². The molecular weight excluding hydrogens is 144 g/mol. The number of hydrogen-bond acceptors (Lipinski definition) is 0. The van der Waals surface area contributed by atoms with Gasteiger partial charge in [-0.1, -0.05) is 26.0 Å². The molecular formula is C12H22. The monoisotopic (exact) mass is 166 g/mol. The second kappa shape index (κ2) is 4.69. The summed E-state index contributed by atoms with van der Waals surface area (Å²) in [4.78, 5) is 0. The van der Waals surface area contributed by atoms with Gasteiger partial charge in [0.05, 0.1) is 0 Å². The Morgan fingerprint density at radius 1 is 1.08 bits per heavy atom. The molecule has 0 atom stereocenters. The smallest absolute Gasteiger partial charge is 0.0233 e. The summed E-state index contributed by atoms with van der Waals surface area (Å²) in [5.74, 6) is 2.80. The normalized spacial score (nSPS) is 31.7. The number of rotatable bonds is 2. The van der Waals surface area contributed by atoms with E-state index in [2.05, 4.69) is 32.9 Å². The predicted molar refractivity (Wildman–Crippen MR) is 55.1 cm³/mol. The molecule has 12 heavy (non-hydrogen) atoms. The van der Waals surface area contributed by atoms with Crippen LogP contribution in [0.1, 0.15) is 46.5 Å². The zero-order valence-corrected chi connectivity index (χ0v) is 8.72. The van der Waals surface area contributed by atoms with Gasteiger partial charge in [-0.05, 0) is 50.4 Å². The van der Waals surface area contributed by atoms with Gasteiger partial charge in [0.1, 0.15) is 0 Å². The minimum atomic E-state index is 0.894. The minimum absolute atomic E-state index is 0.894. The molecule has 1 rings (SSSR count). The highest BCUT2D eigenvalue weighted by atomic mass is 14.3. The molecule has 0 N–H and O–H groups in total. The first-order valence-electron chi connectivity index (χ1n) is 5.37. The largest absolute Gasteiger partial charge is 0.0914 e. The van der Waals surface area contributed by atoms with Crippen molar-refractivity contribution in [2.24, 2.45) is 17.8 Å². The van der Waals surface area contributed by atoms with Crippen molar-refractivity contribution in [1.29, 1.82) is 0 Å². The Hall–Kier alpha value is -0.260. The summed E-state index contributed by atoms with van der Waals surface area (Å²) >= 11 is 0. The van der Waals surface area contributed by atoms with E-state index in [0.717, 1.165) is 17.8 Å². The number of hydrogen-bond donors (Lipinski definition) is 0. The van der Waals surface area contributed by atoms with Gasteiger partial charge in [-0.2, -0.15) is 0 Å². The zero-order valence-electron chi connectivity index (χ0n) is 8.72. The van der Waals surface area contributed by atoms with Crippen LogP contribution in [0.5, 0.6) is 0 Å². The Balaban J connectivity index is 2.29. The van der Waals surface area contributed by atoms with Gasteiger partial charge in [0.2, 0.25) is 0 Å². The summed E-state index contributed by atoms with van der Waals surface area (Å²) in [6.07, 6.45) is 10.3. The topological polar surface area (TPSA) is 0 Å². The minimum Gasteiger partial charge on any atom is -0.0914 e. The molecule has 0 aromatic heterocycles. The third-order valence-electron chi connectivity index (χ3n) is 3.22. The molecule has 0 saturated heterocycles. The van der Waals surface area contributed by atoms with Crippen LogP contribution >= 0.6 is 0 Å². The van der Waals surface area contributed by atoms with E-state index in [1.54, 1.807) is 0 Å². The Kier molecular flexibility index (Phi) is 3.84. The molecule has 0 aromatic carbocycles. The quantitative estimate of drug-likeness (QED) is 0.543. The van der Waals surface area contributed by atoms with Crippen molar-refractivity contribution in [2.45, 2.75) is 46.5 Å². The average molecular weight is 166 g/mol. The lowest BCUT2D eigenvalue weighted by Crippen LogP contribution is -2.17. The Labute approximate surface area is 77.1 Å². The maximum Gasteiger partial charge on any atom is -0.0233 e. The highest BCUT2D eigenvalue weighted by Crippen LogP contribution is 2.33. The first-order chi connectivity index (χ1) is 5.74. The van der Waals surface area contributed by atoms with Crippen molar-refractivity contribution < 1.29 is 0 Å². The fourth-order valence-corrected chi connectivity index (χ4v) is 2.28. The molecule has 0 spiro atoms. The SMILES string of the molecule is C/C=C/C1CCC(C(C)C)CC1. The molecule has 0 amide bonds. The summed E-state index contributed by atoms with van der Waals surface area (Å²) in [5.41, 5.74) is 0. The summed E-state index contributed by atoms with van der Waals surface area (Å²) in [7, 11) is 0. The average Bonchev–Trinajstić information content (AvgIpc) is 2.06. The van der Waals surface area contributed by atoms with Crippen molar-refractivity contribution in [2.75, 3.05) is 0 Å². The van der Waals surface area contributed by atoms with Gasteiger partial charge < -0.3 is 0 Å². The van der Waals surface area contributed by atoms with Crippen LogP contribution in [0.15, 0.2) is 12.2 Å². The summed E-state index contributed by atoms with van der Waals surface area (Å²) in [6, 6.07) is 0. The van der Waals surface area contributed by atoms with Crippen LogP contribution in [0.4, 0.5) is 0 Å². The molecule has 0 heteroatoms. The van der Waals surface area contributed by atoms with E-state index in [-0.39, 0.29) is 0 Å². The van der Waals surface area contributed by atoms with Gasteiger partial charge in [0.25, 0.3) is 0 Å². The fraction of sp³-hybridized carbons (Fsp3) is 0.833. The van der Waals surface area contributed by atoms with Crippen LogP contribution in [0.3, 0.4) is 0 Å². The molecule has 0 radical (unpaired) electrons. The van der Waals surface area contributed by atoms with Crippen LogP contribution in [-0.4, -0.2) is 0 Å². The highest BCUT2D eigenvalue weighted by molar-refractivity contribution is 4.89. The molecule has 0 nitrogen and oxygen atoms in total. The maximum atomic E-state index is 2.39.